The predicted octanol–water partition coefficient (Wildman–Crippen LogP) is 3.20. The number of nitrogens with zero attached hydrogens (tertiary/aromatic N) is 2. The number of unbranched alkanes of at least 4 members (excludes halogenated alkanes) is 3. The number of nitrogens with two attached hydrogens (primary N) is 1. The van der Waals surface area contributed by atoms with E-state index in [1.54, 1.807) is 7.11 Å². The van der Waals surface area contributed by atoms with Crippen LogP contribution in [0.5, 0.6) is 5.75 Å². The molecule has 0 fully saturated rings. The minimum Gasteiger partial charge on any atom is -0.494 e. The van der Waals surface area contributed by atoms with E-state index in [0.717, 1.165) is 48.2 Å². The minimum atomic E-state index is 0.783. The summed E-state index contributed by atoms with van der Waals surface area (Å²) < 4.78 is 7.86. The molecule has 0 radical (unpaired) electrons. The molecule has 23 heavy (non-hydrogen) atoms. The molecule has 2 aromatic carbocycles. The average molecular weight is 310 g/mol. The lowest BCUT2D eigenvalue weighted by Gasteiger charge is -2.08. The SMILES string of the molecule is COc1cccc2c1nc1ccccc1[n+]2CCCCCCN. The van der Waals surface area contributed by atoms with Gasteiger partial charge in [-0.15, -0.1) is 0 Å². The zero-order valence-corrected chi connectivity index (χ0v) is 13.7. The van der Waals surface area contributed by atoms with Crippen molar-refractivity contribution in [2.24, 2.45) is 5.73 Å². The first-order valence-corrected chi connectivity index (χ1v) is 8.30. The van der Waals surface area contributed by atoms with E-state index in [1.807, 2.05) is 18.2 Å². The summed E-state index contributed by atoms with van der Waals surface area (Å²) in [6, 6.07) is 14.4. The van der Waals surface area contributed by atoms with Crippen LogP contribution in [0, 0.1) is 0 Å². The van der Waals surface area contributed by atoms with Crippen molar-refractivity contribution < 1.29 is 9.30 Å². The largest absolute Gasteiger partial charge is 0.494 e. The Bertz CT molecular complexity index is 801. The highest BCUT2D eigenvalue weighted by Crippen LogP contribution is 2.23. The number of hydrogen-bond acceptors (Lipinski definition) is 3. The average Bonchev–Trinajstić information content (AvgIpc) is 2.60. The molecular formula is C19H24N3O+. The highest BCUT2D eigenvalue weighted by Gasteiger charge is 2.18. The van der Waals surface area contributed by atoms with Crippen LogP contribution in [0.3, 0.4) is 0 Å². The Balaban J connectivity index is 2.04. The van der Waals surface area contributed by atoms with Crippen molar-refractivity contribution in [3.05, 3.63) is 42.5 Å². The third-order valence-electron chi connectivity index (χ3n) is 4.23. The molecule has 0 saturated carbocycles. The molecular weight excluding hydrogens is 286 g/mol. The lowest BCUT2D eigenvalue weighted by atomic mass is 10.1. The topological polar surface area (TPSA) is 52.0 Å². The third-order valence-corrected chi connectivity index (χ3v) is 4.23. The summed E-state index contributed by atoms with van der Waals surface area (Å²) in [5, 5.41) is 0. The number of rotatable bonds is 7. The molecule has 0 spiro atoms. The van der Waals surface area contributed by atoms with Crippen molar-refractivity contribution in [2.45, 2.75) is 32.2 Å². The maximum atomic E-state index is 5.58. The molecule has 4 heteroatoms. The molecule has 1 heterocycles. The van der Waals surface area contributed by atoms with E-state index in [4.69, 9.17) is 15.5 Å². The number of para-hydroxylation sites is 3. The monoisotopic (exact) mass is 310 g/mol. The van der Waals surface area contributed by atoms with Crippen LogP contribution >= 0.6 is 0 Å². The number of fused-ring (bicyclic) bond motifs is 2. The number of methoxy groups -OCH3 is 1. The Labute approximate surface area is 136 Å². The molecule has 0 saturated heterocycles. The second-order valence-electron chi connectivity index (χ2n) is 5.78. The predicted molar refractivity (Wildman–Crippen MR) is 93.5 cm³/mol. The van der Waals surface area contributed by atoms with E-state index in [0.29, 0.717) is 0 Å². The molecule has 0 amide bonds. The molecule has 2 N–H and O–H groups in total. The minimum absolute atomic E-state index is 0.783. The maximum absolute atomic E-state index is 5.58. The van der Waals surface area contributed by atoms with Gasteiger partial charge in [0.25, 0.3) is 0 Å². The van der Waals surface area contributed by atoms with Gasteiger partial charge in [-0.1, -0.05) is 24.6 Å². The molecule has 120 valence electrons. The number of hydrogen-bond donors (Lipinski definition) is 1. The van der Waals surface area contributed by atoms with Crippen LogP contribution in [0.15, 0.2) is 42.5 Å². The summed E-state index contributed by atoms with van der Waals surface area (Å²) in [5.74, 6) is 0.824. The van der Waals surface area contributed by atoms with Crippen LogP contribution in [0.25, 0.3) is 22.1 Å². The van der Waals surface area contributed by atoms with Crippen molar-refractivity contribution in [3.63, 3.8) is 0 Å². The quantitative estimate of drug-likeness (QED) is 0.414. The van der Waals surface area contributed by atoms with E-state index >= 15 is 0 Å². The number of aromatic nitrogens is 2. The summed E-state index contributed by atoms with van der Waals surface area (Å²) in [5.41, 5.74) is 9.81. The van der Waals surface area contributed by atoms with E-state index in [1.165, 1.54) is 18.4 Å². The van der Waals surface area contributed by atoms with Crippen LogP contribution in [0.2, 0.25) is 0 Å². The van der Waals surface area contributed by atoms with Crippen LogP contribution in [-0.2, 0) is 6.54 Å². The summed E-state index contributed by atoms with van der Waals surface area (Å²) >= 11 is 0. The smallest absolute Gasteiger partial charge is 0.235 e. The Kier molecular flexibility index (Phi) is 5.03. The first-order chi connectivity index (χ1) is 11.3. The van der Waals surface area contributed by atoms with Gasteiger partial charge in [-0.25, -0.2) is 4.98 Å². The van der Waals surface area contributed by atoms with Gasteiger partial charge in [0.15, 0.2) is 11.3 Å². The van der Waals surface area contributed by atoms with Crippen molar-refractivity contribution in [3.8, 4) is 5.75 Å². The third kappa shape index (κ3) is 3.27. The Morgan fingerprint density at radius 3 is 2.57 bits per heavy atom. The Hall–Kier alpha value is -2.20. The van der Waals surface area contributed by atoms with E-state index in [-0.39, 0.29) is 0 Å². The van der Waals surface area contributed by atoms with Crippen molar-refractivity contribution in [1.82, 2.24) is 4.98 Å². The molecule has 0 aliphatic carbocycles. The number of aryl methyl sites for hydroxylation is 1. The van der Waals surface area contributed by atoms with Gasteiger partial charge in [-0.05, 0) is 31.5 Å². The van der Waals surface area contributed by atoms with Crippen LogP contribution in [0.4, 0.5) is 0 Å². The molecule has 0 aliphatic rings. The maximum Gasteiger partial charge on any atom is 0.235 e. The second kappa shape index (κ2) is 7.38. The van der Waals surface area contributed by atoms with E-state index in [9.17, 15) is 0 Å². The van der Waals surface area contributed by atoms with Crippen molar-refractivity contribution in [2.75, 3.05) is 13.7 Å². The molecule has 0 atom stereocenters. The summed E-state index contributed by atoms with van der Waals surface area (Å²) in [4.78, 5) is 4.80. The van der Waals surface area contributed by atoms with Crippen molar-refractivity contribution in [1.29, 1.82) is 0 Å². The summed E-state index contributed by atoms with van der Waals surface area (Å²) in [6.45, 7) is 1.77. The number of ether oxygens (including phenoxy) is 1. The fourth-order valence-corrected chi connectivity index (χ4v) is 3.05. The molecule has 4 nitrogen and oxygen atoms in total. The van der Waals surface area contributed by atoms with Gasteiger partial charge in [-0.2, -0.15) is 4.57 Å². The molecule has 3 rings (SSSR count). The second-order valence-corrected chi connectivity index (χ2v) is 5.78. The molecule has 0 aliphatic heterocycles. The van der Waals surface area contributed by atoms with Gasteiger partial charge in [0.1, 0.15) is 12.1 Å². The first kappa shape index (κ1) is 15.7. The highest BCUT2D eigenvalue weighted by molar-refractivity contribution is 5.85. The highest BCUT2D eigenvalue weighted by atomic mass is 16.5. The lowest BCUT2D eigenvalue weighted by Crippen LogP contribution is -2.36. The first-order valence-electron chi connectivity index (χ1n) is 8.30. The standard InChI is InChI=1S/C19H24N3O/c1-23-18-12-8-11-17-19(18)21-15-9-4-5-10-16(15)22(17)14-7-3-2-6-13-20/h4-5,8-12H,2-3,6-7,13-14,20H2,1H3/q+1. The van der Waals surface area contributed by atoms with Gasteiger partial charge in [0.2, 0.25) is 11.0 Å². The van der Waals surface area contributed by atoms with Gasteiger partial charge < -0.3 is 10.5 Å². The Morgan fingerprint density at radius 1 is 0.957 bits per heavy atom. The van der Waals surface area contributed by atoms with Gasteiger partial charge in [-0.3, -0.25) is 0 Å². The molecule has 1 aromatic heterocycles. The van der Waals surface area contributed by atoms with E-state index in [2.05, 4.69) is 28.8 Å². The zero-order valence-electron chi connectivity index (χ0n) is 13.7. The number of benzene rings is 2. The van der Waals surface area contributed by atoms with E-state index < -0.39 is 0 Å². The molecule has 0 unspecified atom stereocenters. The van der Waals surface area contributed by atoms with Crippen LogP contribution in [0.1, 0.15) is 25.7 Å². The Morgan fingerprint density at radius 2 is 1.74 bits per heavy atom. The summed E-state index contributed by atoms with van der Waals surface area (Å²) in [6.07, 6.45) is 4.65. The van der Waals surface area contributed by atoms with Crippen LogP contribution in [-0.4, -0.2) is 18.6 Å². The van der Waals surface area contributed by atoms with Crippen molar-refractivity contribution >= 4 is 22.1 Å². The van der Waals surface area contributed by atoms with Gasteiger partial charge >= 0.3 is 0 Å². The molecule has 3 aromatic rings. The molecule has 0 bridgehead atoms. The zero-order chi connectivity index (χ0) is 16.1. The van der Waals surface area contributed by atoms with Gasteiger partial charge in [0, 0.05) is 18.6 Å². The van der Waals surface area contributed by atoms with Gasteiger partial charge in [0.05, 0.1) is 7.11 Å². The summed E-state index contributed by atoms with van der Waals surface area (Å²) in [7, 11) is 1.70. The normalized spacial score (nSPS) is 11.2. The lowest BCUT2D eigenvalue weighted by molar-refractivity contribution is -0.646. The van der Waals surface area contributed by atoms with Crippen LogP contribution < -0.4 is 15.0 Å². The fourth-order valence-electron chi connectivity index (χ4n) is 3.05. The fraction of sp³-hybridized carbons (Fsp3) is 0.368.